The van der Waals surface area contributed by atoms with Crippen molar-refractivity contribution in [1.82, 2.24) is 15.5 Å². The fourth-order valence-corrected chi connectivity index (χ4v) is 3.71. The van der Waals surface area contributed by atoms with E-state index in [1.54, 1.807) is 0 Å². The van der Waals surface area contributed by atoms with E-state index in [0.29, 0.717) is 12.0 Å². The van der Waals surface area contributed by atoms with Crippen LogP contribution in [0.4, 0.5) is 0 Å². The second-order valence-corrected chi connectivity index (χ2v) is 7.42. The third-order valence-electron chi connectivity index (χ3n) is 5.34. The minimum atomic E-state index is -0.100. The molecule has 4 rings (SSSR count). The Morgan fingerprint density at radius 1 is 1.04 bits per heavy atom. The van der Waals surface area contributed by atoms with Crippen LogP contribution >= 0.6 is 0 Å². The highest BCUT2D eigenvalue weighted by Gasteiger charge is 2.31. The van der Waals surface area contributed by atoms with E-state index in [1.165, 1.54) is 11.1 Å². The average Bonchev–Trinajstić information content (AvgIpc) is 3.52. The first-order chi connectivity index (χ1) is 12.8. The first-order valence-electron chi connectivity index (χ1n) is 9.65. The molecule has 2 aromatic carbocycles. The first-order valence-corrected chi connectivity index (χ1v) is 9.65. The molecule has 1 saturated carbocycles. The quantitative estimate of drug-likeness (QED) is 0.842. The summed E-state index contributed by atoms with van der Waals surface area (Å²) < 4.78 is 0. The fraction of sp³-hybridized carbons (Fsp3) is 0.409. The van der Waals surface area contributed by atoms with Crippen LogP contribution in [0.5, 0.6) is 0 Å². The number of piperazine rings is 1. The van der Waals surface area contributed by atoms with Gasteiger partial charge in [-0.3, -0.25) is 9.69 Å². The molecule has 4 nitrogen and oxygen atoms in total. The number of nitrogens with one attached hydrogen (secondary N) is 2. The highest BCUT2D eigenvalue weighted by molar-refractivity contribution is 5.82. The zero-order valence-corrected chi connectivity index (χ0v) is 15.1. The largest absolute Gasteiger partial charge is 0.352 e. The molecule has 2 N–H and O–H groups in total. The number of hydrogen-bond donors (Lipinski definition) is 2. The predicted octanol–water partition coefficient (Wildman–Crippen LogP) is 2.37. The number of amides is 1. The summed E-state index contributed by atoms with van der Waals surface area (Å²) in [4.78, 5) is 14.8. The highest BCUT2D eigenvalue weighted by atomic mass is 16.2. The molecule has 4 heteroatoms. The predicted molar refractivity (Wildman–Crippen MR) is 104 cm³/mol. The van der Waals surface area contributed by atoms with Crippen LogP contribution in [0, 0.1) is 0 Å². The molecule has 0 spiro atoms. The molecule has 0 aromatic heterocycles. The van der Waals surface area contributed by atoms with Crippen LogP contribution in [0.3, 0.4) is 0 Å². The summed E-state index contributed by atoms with van der Waals surface area (Å²) in [5, 5.41) is 6.51. The molecular formula is C22H27N3O. The Morgan fingerprint density at radius 3 is 2.23 bits per heavy atom. The van der Waals surface area contributed by atoms with Crippen molar-refractivity contribution in [3.05, 3.63) is 71.8 Å². The molecule has 2 aliphatic rings. The molecule has 2 fully saturated rings. The van der Waals surface area contributed by atoms with Crippen molar-refractivity contribution in [2.75, 3.05) is 26.2 Å². The molecule has 0 radical (unpaired) electrons. The van der Waals surface area contributed by atoms with Gasteiger partial charge in [-0.25, -0.2) is 0 Å². The Hall–Kier alpha value is -2.17. The SMILES string of the molecule is O=C(NC1CC1)C1CN(CC(c2ccccc2)c2ccccc2)CCN1. The van der Waals surface area contributed by atoms with Crippen LogP contribution in [-0.4, -0.2) is 49.1 Å². The molecule has 1 amide bonds. The van der Waals surface area contributed by atoms with Gasteiger partial charge in [0.25, 0.3) is 0 Å². The fourth-order valence-electron chi connectivity index (χ4n) is 3.71. The summed E-state index contributed by atoms with van der Waals surface area (Å²) in [6.45, 7) is 3.54. The van der Waals surface area contributed by atoms with Crippen molar-refractivity contribution in [3.8, 4) is 0 Å². The lowest BCUT2D eigenvalue weighted by atomic mass is 9.90. The van der Waals surface area contributed by atoms with E-state index >= 15 is 0 Å². The Kier molecular flexibility index (Phi) is 5.32. The number of benzene rings is 2. The summed E-state index contributed by atoms with van der Waals surface area (Å²) >= 11 is 0. The molecule has 1 unspecified atom stereocenters. The molecule has 0 bridgehead atoms. The van der Waals surface area contributed by atoms with Crippen LogP contribution in [0.15, 0.2) is 60.7 Å². The van der Waals surface area contributed by atoms with Crippen molar-refractivity contribution in [3.63, 3.8) is 0 Å². The van der Waals surface area contributed by atoms with Gasteiger partial charge in [-0.05, 0) is 24.0 Å². The summed E-state index contributed by atoms with van der Waals surface area (Å²) in [6, 6.07) is 21.7. The molecule has 1 saturated heterocycles. The van der Waals surface area contributed by atoms with Crippen molar-refractivity contribution >= 4 is 5.91 Å². The summed E-state index contributed by atoms with van der Waals surface area (Å²) in [5.74, 6) is 0.482. The number of nitrogens with zero attached hydrogens (tertiary/aromatic N) is 1. The van der Waals surface area contributed by atoms with E-state index < -0.39 is 0 Å². The second kappa shape index (κ2) is 8.02. The number of rotatable bonds is 6. The normalized spacial score (nSPS) is 20.9. The minimum absolute atomic E-state index is 0.100. The highest BCUT2D eigenvalue weighted by Crippen LogP contribution is 2.26. The standard InChI is InChI=1S/C22H27N3O/c26-22(24-19-11-12-19)21-16-25(14-13-23-21)15-20(17-7-3-1-4-8-17)18-9-5-2-6-10-18/h1-10,19-21,23H,11-16H2,(H,24,26). The third-order valence-corrected chi connectivity index (χ3v) is 5.34. The van der Waals surface area contributed by atoms with Crippen molar-refractivity contribution in [2.24, 2.45) is 0 Å². The number of carbonyl (C=O) groups is 1. The van der Waals surface area contributed by atoms with Gasteiger partial charge in [0.1, 0.15) is 0 Å². The molecule has 1 aliphatic heterocycles. The van der Waals surface area contributed by atoms with Crippen molar-refractivity contribution in [2.45, 2.75) is 30.8 Å². The molecule has 1 heterocycles. The topological polar surface area (TPSA) is 44.4 Å². The zero-order chi connectivity index (χ0) is 17.8. The Morgan fingerprint density at radius 2 is 1.65 bits per heavy atom. The van der Waals surface area contributed by atoms with Crippen molar-refractivity contribution in [1.29, 1.82) is 0 Å². The Labute approximate surface area is 155 Å². The third kappa shape index (κ3) is 4.32. The molecule has 26 heavy (non-hydrogen) atoms. The van der Waals surface area contributed by atoms with Crippen molar-refractivity contribution < 1.29 is 4.79 Å². The van der Waals surface area contributed by atoms with Gasteiger partial charge in [0, 0.05) is 38.1 Å². The van der Waals surface area contributed by atoms with Gasteiger partial charge < -0.3 is 10.6 Å². The van der Waals surface area contributed by atoms with Crippen LogP contribution in [0.25, 0.3) is 0 Å². The van der Waals surface area contributed by atoms with E-state index in [1.807, 2.05) is 0 Å². The van der Waals surface area contributed by atoms with E-state index in [0.717, 1.165) is 39.0 Å². The lowest BCUT2D eigenvalue weighted by molar-refractivity contribution is -0.124. The summed E-state index contributed by atoms with van der Waals surface area (Å²) in [5.41, 5.74) is 2.66. The van der Waals surface area contributed by atoms with Crippen LogP contribution < -0.4 is 10.6 Å². The molecule has 1 aliphatic carbocycles. The lowest BCUT2D eigenvalue weighted by Crippen LogP contribution is -2.57. The van der Waals surface area contributed by atoms with Crippen LogP contribution in [0.2, 0.25) is 0 Å². The van der Waals surface area contributed by atoms with E-state index in [2.05, 4.69) is 76.2 Å². The maximum atomic E-state index is 12.4. The van der Waals surface area contributed by atoms with Gasteiger partial charge in [0.15, 0.2) is 0 Å². The van der Waals surface area contributed by atoms with Gasteiger partial charge in [-0.2, -0.15) is 0 Å². The van der Waals surface area contributed by atoms with Gasteiger partial charge in [-0.15, -0.1) is 0 Å². The van der Waals surface area contributed by atoms with E-state index in [4.69, 9.17) is 0 Å². The monoisotopic (exact) mass is 349 g/mol. The number of carbonyl (C=O) groups excluding carboxylic acids is 1. The molecule has 136 valence electrons. The van der Waals surface area contributed by atoms with Gasteiger partial charge >= 0.3 is 0 Å². The summed E-state index contributed by atoms with van der Waals surface area (Å²) in [7, 11) is 0. The Balaban J connectivity index is 1.47. The molecule has 1 atom stereocenters. The smallest absolute Gasteiger partial charge is 0.238 e. The minimum Gasteiger partial charge on any atom is -0.352 e. The molecular weight excluding hydrogens is 322 g/mol. The Bertz CT molecular complexity index is 675. The van der Waals surface area contributed by atoms with Gasteiger partial charge in [-0.1, -0.05) is 60.7 Å². The van der Waals surface area contributed by atoms with Crippen LogP contribution in [-0.2, 0) is 4.79 Å². The van der Waals surface area contributed by atoms with Gasteiger partial charge in [0.2, 0.25) is 5.91 Å². The summed E-state index contributed by atoms with van der Waals surface area (Å²) in [6.07, 6.45) is 2.26. The van der Waals surface area contributed by atoms with E-state index in [9.17, 15) is 4.79 Å². The zero-order valence-electron chi connectivity index (χ0n) is 15.1. The lowest BCUT2D eigenvalue weighted by Gasteiger charge is -2.35. The molecule has 2 aromatic rings. The average molecular weight is 349 g/mol. The second-order valence-electron chi connectivity index (χ2n) is 7.42. The maximum Gasteiger partial charge on any atom is 0.238 e. The first kappa shape index (κ1) is 17.3. The van der Waals surface area contributed by atoms with E-state index in [-0.39, 0.29) is 11.9 Å². The van der Waals surface area contributed by atoms with Gasteiger partial charge in [0.05, 0.1) is 6.04 Å². The maximum absolute atomic E-state index is 12.4. The number of hydrogen-bond acceptors (Lipinski definition) is 3. The van der Waals surface area contributed by atoms with Crippen LogP contribution in [0.1, 0.15) is 29.9 Å².